The highest BCUT2D eigenvalue weighted by molar-refractivity contribution is 5.97. The van der Waals surface area contributed by atoms with Crippen LogP contribution in [0.3, 0.4) is 0 Å². The van der Waals surface area contributed by atoms with Crippen LogP contribution in [0, 0.1) is 0 Å². The second-order valence-corrected chi connectivity index (χ2v) is 1.80. The van der Waals surface area contributed by atoms with Crippen molar-refractivity contribution in [2.75, 3.05) is 6.61 Å². The van der Waals surface area contributed by atoms with E-state index in [-0.39, 0.29) is 5.91 Å². The van der Waals surface area contributed by atoms with E-state index in [1.807, 2.05) is 0 Å². The largest absolute Gasteiger partial charge is 0.394 e. The number of amides is 1. The molecule has 0 aromatic carbocycles. The van der Waals surface area contributed by atoms with E-state index in [1.165, 1.54) is 6.92 Å². The van der Waals surface area contributed by atoms with Gasteiger partial charge in [0.2, 0.25) is 5.91 Å². The molecule has 1 aliphatic rings. The molecule has 1 aliphatic heterocycles. The van der Waals surface area contributed by atoms with Crippen LogP contribution in [-0.4, -0.2) is 18.3 Å². The van der Waals surface area contributed by atoms with Gasteiger partial charge in [0.05, 0.1) is 0 Å². The summed E-state index contributed by atoms with van der Waals surface area (Å²) in [4.78, 5) is 15.0. The number of nitrogens with zero attached hydrogens (tertiary/aromatic N) is 1. The normalized spacial score (nSPS) is 16.3. The fourth-order valence-electron chi connectivity index (χ4n) is 0.600. The van der Waals surface area contributed by atoms with Crippen molar-refractivity contribution >= 4 is 11.7 Å². The van der Waals surface area contributed by atoms with E-state index in [1.54, 1.807) is 0 Å². The van der Waals surface area contributed by atoms with Gasteiger partial charge >= 0.3 is 0 Å². The summed E-state index contributed by atoms with van der Waals surface area (Å²) in [6, 6.07) is 0. The number of hydrogen-bond acceptors (Lipinski definition) is 3. The van der Waals surface area contributed by atoms with Crippen LogP contribution in [0.25, 0.3) is 0 Å². The summed E-state index contributed by atoms with van der Waals surface area (Å²) >= 11 is 0. The van der Waals surface area contributed by atoms with Crippen molar-refractivity contribution in [2.45, 2.75) is 13.3 Å². The molecule has 9 heavy (non-hydrogen) atoms. The Bertz CT molecular complexity index is 153. The summed E-state index contributed by atoms with van der Waals surface area (Å²) in [5, 5.41) is 6.09. The average Bonchev–Trinajstić information content (AvgIpc) is 2.15. The number of amidine groups is 1. The maximum Gasteiger partial charge on any atom is 0.222 e. The van der Waals surface area contributed by atoms with Crippen LogP contribution in [0.1, 0.15) is 13.3 Å². The average molecular weight is 128 g/mol. The Morgan fingerprint density at radius 3 is 3.11 bits per heavy atom. The van der Waals surface area contributed by atoms with E-state index in [0.29, 0.717) is 18.9 Å². The van der Waals surface area contributed by atoms with Crippen molar-refractivity contribution in [1.82, 2.24) is 5.32 Å². The van der Waals surface area contributed by atoms with Gasteiger partial charge in [0, 0.05) is 13.3 Å². The first kappa shape index (κ1) is 6.07. The van der Waals surface area contributed by atoms with Crippen molar-refractivity contribution in [2.24, 2.45) is 5.16 Å². The molecule has 4 heteroatoms. The topological polar surface area (TPSA) is 50.7 Å². The molecule has 0 fully saturated rings. The lowest BCUT2D eigenvalue weighted by atomic mass is 10.4. The van der Waals surface area contributed by atoms with Gasteiger partial charge in [0.1, 0.15) is 6.61 Å². The lowest BCUT2D eigenvalue weighted by Crippen LogP contribution is -2.26. The Morgan fingerprint density at radius 2 is 2.67 bits per heavy atom. The number of rotatable bonds is 0. The highest BCUT2D eigenvalue weighted by Gasteiger charge is 2.07. The van der Waals surface area contributed by atoms with Gasteiger partial charge in [-0.1, -0.05) is 5.16 Å². The zero-order valence-corrected chi connectivity index (χ0v) is 5.18. The van der Waals surface area contributed by atoms with Gasteiger partial charge in [-0.15, -0.1) is 0 Å². The Morgan fingerprint density at radius 1 is 1.89 bits per heavy atom. The van der Waals surface area contributed by atoms with Crippen molar-refractivity contribution in [3.63, 3.8) is 0 Å². The fourth-order valence-corrected chi connectivity index (χ4v) is 0.600. The van der Waals surface area contributed by atoms with Crippen LogP contribution in [0.15, 0.2) is 5.16 Å². The van der Waals surface area contributed by atoms with Crippen molar-refractivity contribution < 1.29 is 9.63 Å². The van der Waals surface area contributed by atoms with Crippen LogP contribution < -0.4 is 5.32 Å². The van der Waals surface area contributed by atoms with E-state index in [0.717, 1.165) is 0 Å². The number of nitrogens with one attached hydrogen (secondary N) is 1. The Balaban J connectivity index is 2.35. The summed E-state index contributed by atoms with van der Waals surface area (Å²) in [6.07, 6.45) is 0.708. The van der Waals surface area contributed by atoms with Gasteiger partial charge in [0.25, 0.3) is 0 Å². The molecule has 1 N–H and O–H groups in total. The van der Waals surface area contributed by atoms with Gasteiger partial charge in [-0.25, -0.2) is 0 Å². The summed E-state index contributed by atoms with van der Waals surface area (Å²) in [5.41, 5.74) is 0. The second kappa shape index (κ2) is 2.48. The van der Waals surface area contributed by atoms with E-state index < -0.39 is 0 Å². The Hall–Kier alpha value is -1.06. The number of carbonyl (C=O) groups excluding carboxylic acids is 1. The lowest BCUT2D eigenvalue weighted by molar-refractivity contribution is -0.117. The molecule has 0 aliphatic carbocycles. The van der Waals surface area contributed by atoms with Gasteiger partial charge in [0.15, 0.2) is 5.84 Å². The van der Waals surface area contributed by atoms with E-state index in [2.05, 4.69) is 15.3 Å². The summed E-state index contributed by atoms with van der Waals surface area (Å²) in [7, 11) is 0. The lowest BCUT2D eigenvalue weighted by Gasteiger charge is -1.93. The summed E-state index contributed by atoms with van der Waals surface area (Å²) < 4.78 is 0. The first-order valence-electron chi connectivity index (χ1n) is 2.75. The van der Waals surface area contributed by atoms with E-state index >= 15 is 0 Å². The molecule has 50 valence electrons. The molecule has 0 saturated carbocycles. The molecule has 0 aromatic rings. The summed E-state index contributed by atoms with van der Waals surface area (Å²) in [5.74, 6) is 0.529. The molecule has 0 atom stereocenters. The molecular formula is C5H8N2O2. The molecule has 0 spiro atoms. The number of carbonyl (C=O) groups is 1. The fraction of sp³-hybridized carbons (Fsp3) is 0.600. The minimum atomic E-state index is -0.0979. The Kier molecular flexibility index (Phi) is 1.67. The number of hydrogen-bond donors (Lipinski definition) is 1. The smallest absolute Gasteiger partial charge is 0.222 e. The third-order valence-electron chi connectivity index (χ3n) is 0.925. The second-order valence-electron chi connectivity index (χ2n) is 1.80. The maximum absolute atomic E-state index is 10.4. The quantitative estimate of drug-likeness (QED) is 0.493. The predicted molar refractivity (Wildman–Crippen MR) is 31.8 cm³/mol. The molecule has 0 unspecified atom stereocenters. The number of oxime groups is 1. The summed E-state index contributed by atoms with van der Waals surface area (Å²) in [6.45, 7) is 2.02. The molecule has 1 heterocycles. The zero-order valence-electron chi connectivity index (χ0n) is 5.18. The molecule has 0 bridgehead atoms. The van der Waals surface area contributed by atoms with Crippen molar-refractivity contribution in [1.29, 1.82) is 0 Å². The van der Waals surface area contributed by atoms with Crippen LogP contribution in [0.5, 0.6) is 0 Å². The minimum Gasteiger partial charge on any atom is -0.394 e. The molecule has 1 amide bonds. The monoisotopic (exact) mass is 128 g/mol. The molecular weight excluding hydrogens is 120 g/mol. The van der Waals surface area contributed by atoms with Gasteiger partial charge in [-0.05, 0) is 0 Å². The first-order valence-corrected chi connectivity index (χ1v) is 2.75. The Labute approximate surface area is 52.9 Å². The molecule has 4 nitrogen and oxygen atoms in total. The van der Waals surface area contributed by atoms with Gasteiger partial charge in [-0.3, -0.25) is 4.79 Å². The van der Waals surface area contributed by atoms with Crippen LogP contribution >= 0.6 is 0 Å². The van der Waals surface area contributed by atoms with Gasteiger partial charge < -0.3 is 10.2 Å². The predicted octanol–water partition coefficient (Wildman–Crippen LogP) is -0.144. The van der Waals surface area contributed by atoms with Crippen LogP contribution in [0.4, 0.5) is 0 Å². The van der Waals surface area contributed by atoms with Gasteiger partial charge in [-0.2, -0.15) is 0 Å². The van der Waals surface area contributed by atoms with E-state index in [9.17, 15) is 4.79 Å². The molecule has 0 saturated heterocycles. The van der Waals surface area contributed by atoms with E-state index in [4.69, 9.17) is 0 Å². The highest BCUT2D eigenvalue weighted by Crippen LogP contribution is 1.95. The van der Waals surface area contributed by atoms with Crippen LogP contribution in [-0.2, 0) is 9.63 Å². The van der Waals surface area contributed by atoms with Crippen LogP contribution in [0.2, 0.25) is 0 Å². The SMILES string of the molecule is CC(=O)NC1=NOCC1. The molecule has 1 rings (SSSR count). The van der Waals surface area contributed by atoms with Crippen molar-refractivity contribution in [3.8, 4) is 0 Å². The molecule has 0 radical (unpaired) electrons. The third-order valence-corrected chi connectivity index (χ3v) is 0.925. The minimum absolute atomic E-state index is 0.0979. The third kappa shape index (κ3) is 1.71. The standard InChI is InChI=1S/C5H8N2O2/c1-4(8)6-5-2-3-9-7-5/h2-3H2,1H3,(H,6,7,8). The zero-order chi connectivity index (χ0) is 6.69. The maximum atomic E-state index is 10.4. The van der Waals surface area contributed by atoms with Crippen molar-refractivity contribution in [3.05, 3.63) is 0 Å². The highest BCUT2D eigenvalue weighted by atomic mass is 16.6. The molecule has 0 aromatic heterocycles. The first-order chi connectivity index (χ1) is 4.29.